The van der Waals surface area contributed by atoms with Gasteiger partial charge in [0.1, 0.15) is 11.6 Å². The van der Waals surface area contributed by atoms with Gasteiger partial charge in [0.2, 0.25) is 5.91 Å². The number of aryl methyl sites for hydroxylation is 1. The van der Waals surface area contributed by atoms with Crippen LogP contribution >= 0.6 is 0 Å². The normalized spacial score (nSPS) is 16.1. The van der Waals surface area contributed by atoms with Crippen molar-refractivity contribution in [3.63, 3.8) is 0 Å². The van der Waals surface area contributed by atoms with Crippen LogP contribution in [0.4, 0.5) is 5.82 Å². The Morgan fingerprint density at radius 2 is 2.24 bits per heavy atom. The topological polar surface area (TPSA) is 58.1 Å². The number of nitrogens with one attached hydrogen (secondary N) is 1. The molecule has 1 aliphatic rings. The molecule has 17 heavy (non-hydrogen) atoms. The molecule has 2 rings (SSSR count). The molecule has 1 aromatic heterocycles. The predicted molar refractivity (Wildman–Crippen MR) is 65.6 cm³/mol. The van der Waals surface area contributed by atoms with Crippen molar-refractivity contribution in [3.8, 4) is 0 Å². The van der Waals surface area contributed by atoms with Crippen LogP contribution < -0.4 is 5.32 Å². The number of nitrogens with zero attached hydrogens (tertiary/aromatic N) is 3. The number of hydrogen-bond acceptors (Lipinski definition) is 4. The molecular formula is C12H18N4O. The molecule has 5 heteroatoms. The third-order valence-corrected chi connectivity index (χ3v) is 2.91. The van der Waals surface area contributed by atoms with Crippen LogP contribution in [0.15, 0.2) is 6.07 Å². The highest BCUT2D eigenvalue weighted by Gasteiger charge is 2.19. The number of piperidine rings is 1. The summed E-state index contributed by atoms with van der Waals surface area (Å²) in [6, 6.07) is 1.89. The van der Waals surface area contributed by atoms with Crippen LogP contribution in [0.5, 0.6) is 0 Å². The van der Waals surface area contributed by atoms with Crippen LogP contribution in [0.3, 0.4) is 0 Å². The van der Waals surface area contributed by atoms with Crippen molar-refractivity contribution in [2.75, 3.05) is 18.9 Å². The van der Waals surface area contributed by atoms with Crippen LogP contribution in [0.2, 0.25) is 0 Å². The van der Waals surface area contributed by atoms with E-state index in [9.17, 15) is 4.79 Å². The van der Waals surface area contributed by atoms with Gasteiger partial charge in [-0.15, -0.1) is 0 Å². The van der Waals surface area contributed by atoms with Gasteiger partial charge in [0.15, 0.2) is 0 Å². The molecule has 1 saturated heterocycles. The number of hydrogen-bond donors (Lipinski definition) is 1. The van der Waals surface area contributed by atoms with Gasteiger partial charge in [-0.1, -0.05) is 0 Å². The Hall–Kier alpha value is -1.65. The van der Waals surface area contributed by atoms with Gasteiger partial charge < -0.3 is 10.2 Å². The largest absolute Gasteiger partial charge is 0.373 e. The molecular weight excluding hydrogens is 216 g/mol. The Labute approximate surface area is 101 Å². The molecule has 92 valence electrons. The summed E-state index contributed by atoms with van der Waals surface area (Å²) in [6.45, 7) is 3.28. The van der Waals surface area contributed by atoms with Crippen molar-refractivity contribution in [1.29, 1.82) is 0 Å². The molecule has 0 aliphatic carbocycles. The molecule has 0 saturated carbocycles. The number of amides is 1. The average Bonchev–Trinajstić information content (AvgIpc) is 2.31. The van der Waals surface area contributed by atoms with Crippen molar-refractivity contribution < 1.29 is 4.79 Å². The SMILES string of the molecule is CNc1cc(C)nc(CN2CCCCC2=O)n1. The molecule has 1 aromatic rings. The van der Waals surface area contributed by atoms with Crippen LogP contribution in [0.1, 0.15) is 30.8 Å². The first-order valence-corrected chi connectivity index (χ1v) is 5.99. The first-order valence-electron chi connectivity index (χ1n) is 5.99. The molecule has 0 atom stereocenters. The lowest BCUT2D eigenvalue weighted by molar-refractivity contribution is -0.134. The van der Waals surface area contributed by atoms with E-state index in [-0.39, 0.29) is 5.91 Å². The number of carbonyl (C=O) groups excluding carboxylic acids is 1. The number of carbonyl (C=O) groups is 1. The lowest BCUT2D eigenvalue weighted by atomic mass is 10.1. The second-order valence-corrected chi connectivity index (χ2v) is 4.33. The van der Waals surface area contributed by atoms with E-state index >= 15 is 0 Å². The van der Waals surface area contributed by atoms with E-state index in [2.05, 4.69) is 15.3 Å². The minimum atomic E-state index is 0.215. The maximum Gasteiger partial charge on any atom is 0.222 e. The minimum Gasteiger partial charge on any atom is -0.373 e. The Balaban J connectivity index is 2.11. The second-order valence-electron chi connectivity index (χ2n) is 4.33. The molecule has 5 nitrogen and oxygen atoms in total. The minimum absolute atomic E-state index is 0.215. The fourth-order valence-electron chi connectivity index (χ4n) is 2.03. The highest BCUT2D eigenvalue weighted by Crippen LogP contribution is 2.14. The Morgan fingerprint density at radius 3 is 2.94 bits per heavy atom. The summed E-state index contributed by atoms with van der Waals surface area (Å²) in [5.41, 5.74) is 0.920. The molecule has 2 heterocycles. The van der Waals surface area contributed by atoms with E-state index in [0.29, 0.717) is 18.8 Å². The van der Waals surface area contributed by atoms with Gasteiger partial charge in [-0.3, -0.25) is 4.79 Å². The van der Waals surface area contributed by atoms with Crippen molar-refractivity contribution in [2.45, 2.75) is 32.7 Å². The zero-order valence-corrected chi connectivity index (χ0v) is 10.4. The van der Waals surface area contributed by atoms with Gasteiger partial charge in [-0.2, -0.15) is 0 Å². The summed E-state index contributed by atoms with van der Waals surface area (Å²) in [7, 11) is 1.83. The van der Waals surface area contributed by atoms with Crippen molar-refractivity contribution >= 4 is 11.7 Å². The Bertz CT molecular complexity index is 419. The highest BCUT2D eigenvalue weighted by atomic mass is 16.2. The van der Waals surface area contributed by atoms with Crippen molar-refractivity contribution in [3.05, 3.63) is 17.6 Å². The summed E-state index contributed by atoms with van der Waals surface area (Å²) in [4.78, 5) is 22.3. The first-order chi connectivity index (χ1) is 8.19. The van der Waals surface area contributed by atoms with E-state index in [4.69, 9.17) is 0 Å². The lowest BCUT2D eigenvalue weighted by Crippen LogP contribution is -2.35. The van der Waals surface area contributed by atoms with Crippen molar-refractivity contribution in [1.82, 2.24) is 14.9 Å². The maximum absolute atomic E-state index is 11.7. The van der Waals surface area contributed by atoms with Gasteiger partial charge in [-0.05, 0) is 19.8 Å². The molecule has 0 radical (unpaired) electrons. The first kappa shape index (κ1) is 11.8. The smallest absolute Gasteiger partial charge is 0.222 e. The molecule has 1 N–H and O–H groups in total. The standard InChI is InChI=1S/C12H18N4O/c1-9-7-10(13-2)15-11(14-9)8-16-6-4-3-5-12(16)17/h7H,3-6,8H2,1-2H3,(H,13,14,15). The van der Waals surface area contributed by atoms with Crippen LogP contribution in [-0.4, -0.2) is 34.4 Å². The number of rotatable bonds is 3. The molecule has 0 bridgehead atoms. The lowest BCUT2D eigenvalue weighted by Gasteiger charge is -2.26. The molecule has 1 fully saturated rings. The third kappa shape index (κ3) is 2.93. The third-order valence-electron chi connectivity index (χ3n) is 2.91. The number of likely N-dealkylation sites (tertiary alicyclic amines) is 1. The van der Waals surface area contributed by atoms with Gasteiger partial charge in [0, 0.05) is 31.8 Å². The Kier molecular flexibility index (Phi) is 3.56. The fraction of sp³-hybridized carbons (Fsp3) is 0.583. The zero-order chi connectivity index (χ0) is 12.3. The fourth-order valence-corrected chi connectivity index (χ4v) is 2.03. The van der Waals surface area contributed by atoms with Crippen LogP contribution in [0.25, 0.3) is 0 Å². The molecule has 0 aromatic carbocycles. The van der Waals surface area contributed by atoms with Gasteiger partial charge in [0.25, 0.3) is 0 Å². The number of aromatic nitrogens is 2. The van der Waals surface area contributed by atoms with E-state index in [1.807, 2.05) is 24.9 Å². The second kappa shape index (κ2) is 5.12. The molecule has 1 aliphatic heterocycles. The average molecular weight is 234 g/mol. The van der Waals surface area contributed by atoms with E-state index in [1.165, 1.54) is 0 Å². The van der Waals surface area contributed by atoms with E-state index in [0.717, 1.165) is 30.9 Å². The maximum atomic E-state index is 11.7. The zero-order valence-electron chi connectivity index (χ0n) is 10.4. The van der Waals surface area contributed by atoms with Crippen LogP contribution in [-0.2, 0) is 11.3 Å². The van der Waals surface area contributed by atoms with Gasteiger partial charge in [0.05, 0.1) is 6.54 Å². The Morgan fingerprint density at radius 1 is 1.41 bits per heavy atom. The summed E-state index contributed by atoms with van der Waals surface area (Å²) in [5, 5.41) is 3.00. The van der Waals surface area contributed by atoms with Gasteiger partial charge >= 0.3 is 0 Å². The van der Waals surface area contributed by atoms with Crippen molar-refractivity contribution in [2.24, 2.45) is 0 Å². The quantitative estimate of drug-likeness (QED) is 0.857. The predicted octanol–water partition coefficient (Wildman–Crippen LogP) is 1.34. The summed E-state index contributed by atoms with van der Waals surface area (Å²) in [6.07, 6.45) is 2.74. The van der Waals surface area contributed by atoms with Crippen LogP contribution in [0, 0.1) is 6.92 Å². The van der Waals surface area contributed by atoms with E-state index < -0.39 is 0 Å². The monoisotopic (exact) mass is 234 g/mol. The summed E-state index contributed by atoms with van der Waals surface area (Å²) >= 11 is 0. The summed E-state index contributed by atoms with van der Waals surface area (Å²) < 4.78 is 0. The van der Waals surface area contributed by atoms with E-state index in [1.54, 1.807) is 0 Å². The number of anilines is 1. The summed E-state index contributed by atoms with van der Waals surface area (Å²) in [5.74, 6) is 1.73. The molecule has 0 unspecified atom stereocenters. The van der Waals surface area contributed by atoms with Gasteiger partial charge in [-0.25, -0.2) is 9.97 Å². The highest BCUT2D eigenvalue weighted by molar-refractivity contribution is 5.76. The molecule has 1 amide bonds. The molecule has 0 spiro atoms.